The van der Waals surface area contributed by atoms with E-state index in [0.29, 0.717) is 28.4 Å². The molecule has 2 rings (SSSR count). The van der Waals surface area contributed by atoms with E-state index in [-0.39, 0.29) is 5.91 Å². The standard InChI is InChI=1S/C19H20ClNO4/c1-4-16(25-17-8-6-5-7-14(17)20)18(22)21-15-11-13(19(23)24-3)10-9-12(15)2/h5-11,16H,4H2,1-3H3,(H,21,22)/t16-/m1/s1. The number of methoxy groups -OCH3 is 1. The number of para-hydroxylation sites is 1. The molecule has 1 atom stereocenters. The number of hydrogen-bond acceptors (Lipinski definition) is 4. The minimum Gasteiger partial charge on any atom is -0.479 e. The fourth-order valence-electron chi connectivity index (χ4n) is 2.23. The Morgan fingerprint density at radius 1 is 1.20 bits per heavy atom. The van der Waals surface area contributed by atoms with Gasteiger partial charge in [0.1, 0.15) is 5.75 Å². The molecule has 0 heterocycles. The molecule has 6 heteroatoms. The summed E-state index contributed by atoms with van der Waals surface area (Å²) in [5.74, 6) is -0.325. The minimum absolute atomic E-state index is 0.312. The Balaban J connectivity index is 2.17. The number of aryl methyl sites for hydroxylation is 1. The van der Waals surface area contributed by atoms with Crippen LogP contribution in [0.25, 0.3) is 0 Å². The lowest BCUT2D eigenvalue weighted by Gasteiger charge is -2.19. The van der Waals surface area contributed by atoms with Gasteiger partial charge in [-0.2, -0.15) is 0 Å². The molecular formula is C19H20ClNO4. The number of carbonyl (C=O) groups is 2. The second-order valence-corrected chi connectivity index (χ2v) is 5.86. The molecule has 0 radical (unpaired) electrons. The normalized spacial score (nSPS) is 11.5. The van der Waals surface area contributed by atoms with Gasteiger partial charge in [-0.25, -0.2) is 4.79 Å². The van der Waals surface area contributed by atoms with Crippen LogP contribution in [0, 0.1) is 6.92 Å². The van der Waals surface area contributed by atoms with Crippen molar-refractivity contribution in [2.24, 2.45) is 0 Å². The van der Waals surface area contributed by atoms with Crippen molar-refractivity contribution in [2.45, 2.75) is 26.4 Å². The Morgan fingerprint density at radius 2 is 1.92 bits per heavy atom. The molecule has 0 bridgehead atoms. The average molecular weight is 362 g/mol. The molecule has 1 N–H and O–H groups in total. The van der Waals surface area contributed by atoms with Crippen molar-refractivity contribution in [3.63, 3.8) is 0 Å². The molecule has 132 valence electrons. The molecule has 5 nitrogen and oxygen atoms in total. The highest BCUT2D eigenvalue weighted by Crippen LogP contribution is 2.25. The maximum atomic E-state index is 12.6. The van der Waals surface area contributed by atoms with E-state index in [1.807, 2.05) is 13.8 Å². The first kappa shape index (κ1) is 18.8. The highest BCUT2D eigenvalue weighted by Gasteiger charge is 2.20. The Labute approximate surface area is 151 Å². The zero-order chi connectivity index (χ0) is 18.4. The topological polar surface area (TPSA) is 64.6 Å². The molecule has 0 saturated heterocycles. The quantitative estimate of drug-likeness (QED) is 0.782. The van der Waals surface area contributed by atoms with Gasteiger partial charge in [-0.15, -0.1) is 0 Å². The van der Waals surface area contributed by atoms with Crippen LogP contribution in [0.15, 0.2) is 42.5 Å². The third-order valence-electron chi connectivity index (χ3n) is 3.69. The number of esters is 1. The first-order valence-electron chi connectivity index (χ1n) is 7.87. The molecule has 2 aromatic rings. The van der Waals surface area contributed by atoms with E-state index in [4.69, 9.17) is 21.1 Å². The van der Waals surface area contributed by atoms with E-state index >= 15 is 0 Å². The largest absolute Gasteiger partial charge is 0.479 e. The Hall–Kier alpha value is -2.53. The van der Waals surface area contributed by atoms with Crippen LogP contribution in [0.2, 0.25) is 5.02 Å². The Bertz CT molecular complexity index is 776. The average Bonchev–Trinajstić information content (AvgIpc) is 2.62. The fourth-order valence-corrected chi connectivity index (χ4v) is 2.41. The molecule has 0 spiro atoms. The van der Waals surface area contributed by atoms with E-state index < -0.39 is 12.1 Å². The van der Waals surface area contributed by atoms with Crippen molar-refractivity contribution in [2.75, 3.05) is 12.4 Å². The lowest BCUT2D eigenvalue weighted by atomic mass is 10.1. The number of anilines is 1. The van der Waals surface area contributed by atoms with Crippen LogP contribution in [-0.2, 0) is 9.53 Å². The predicted molar refractivity (Wildman–Crippen MR) is 97.3 cm³/mol. The number of ether oxygens (including phenoxy) is 2. The van der Waals surface area contributed by atoms with E-state index in [0.717, 1.165) is 5.56 Å². The number of amides is 1. The summed E-state index contributed by atoms with van der Waals surface area (Å²) in [6, 6.07) is 12.0. The number of halogens is 1. The van der Waals surface area contributed by atoms with Gasteiger partial charge in [-0.1, -0.05) is 36.7 Å². The maximum absolute atomic E-state index is 12.6. The number of hydrogen-bond donors (Lipinski definition) is 1. The molecule has 0 aliphatic carbocycles. The zero-order valence-electron chi connectivity index (χ0n) is 14.3. The predicted octanol–water partition coefficient (Wildman–Crippen LogP) is 4.23. The molecule has 1 amide bonds. The summed E-state index contributed by atoms with van der Waals surface area (Å²) in [6.45, 7) is 3.69. The summed E-state index contributed by atoms with van der Waals surface area (Å²) in [4.78, 5) is 24.2. The van der Waals surface area contributed by atoms with E-state index in [2.05, 4.69) is 5.32 Å². The molecule has 0 unspecified atom stereocenters. The monoisotopic (exact) mass is 361 g/mol. The van der Waals surface area contributed by atoms with Crippen molar-refractivity contribution >= 4 is 29.2 Å². The van der Waals surface area contributed by atoms with Gasteiger partial charge in [-0.3, -0.25) is 4.79 Å². The zero-order valence-corrected chi connectivity index (χ0v) is 15.1. The van der Waals surface area contributed by atoms with Gasteiger partial charge in [0.15, 0.2) is 6.10 Å². The van der Waals surface area contributed by atoms with Crippen LogP contribution in [0.5, 0.6) is 5.75 Å². The molecule has 2 aromatic carbocycles. The summed E-state index contributed by atoms with van der Waals surface area (Å²) in [7, 11) is 1.31. The number of benzene rings is 2. The van der Waals surface area contributed by atoms with Crippen molar-refractivity contribution in [1.29, 1.82) is 0 Å². The van der Waals surface area contributed by atoms with Gasteiger partial charge in [0.2, 0.25) is 0 Å². The van der Waals surface area contributed by atoms with Gasteiger partial charge in [-0.05, 0) is 43.2 Å². The molecule has 0 aromatic heterocycles. The summed E-state index contributed by atoms with van der Waals surface area (Å²) in [5, 5.41) is 3.25. The molecular weight excluding hydrogens is 342 g/mol. The van der Waals surface area contributed by atoms with Gasteiger partial charge >= 0.3 is 5.97 Å². The highest BCUT2D eigenvalue weighted by atomic mass is 35.5. The van der Waals surface area contributed by atoms with Crippen LogP contribution in [0.1, 0.15) is 29.3 Å². The Kier molecular flexibility index (Phi) is 6.42. The minimum atomic E-state index is -0.707. The van der Waals surface area contributed by atoms with Crippen LogP contribution in [0.3, 0.4) is 0 Å². The molecule has 0 aliphatic heterocycles. The first-order chi connectivity index (χ1) is 12.0. The SMILES string of the molecule is CC[C@@H](Oc1ccccc1Cl)C(=O)Nc1cc(C(=O)OC)ccc1C. The van der Waals surface area contributed by atoms with Gasteiger partial charge in [0.05, 0.1) is 17.7 Å². The molecule has 0 aliphatic rings. The number of carbonyl (C=O) groups excluding carboxylic acids is 2. The number of rotatable bonds is 6. The third kappa shape index (κ3) is 4.73. The van der Waals surface area contributed by atoms with Gasteiger partial charge in [0, 0.05) is 5.69 Å². The second-order valence-electron chi connectivity index (χ2n) is 5.46. The van der Waals surface area contributed by atoms with Gasteiger partial charge in [0.25, 0.3) is 5.91 Å². The first-order valence-corrected chi connectivity index (χ1v) is 8.25. The van der Waals surface area contributed by atoms with Crippen LogP contribution >= 0.6 is 11.6 Å². The lowest BCUT2D eigenvalue weighted by molar-refractivity contribution is -0.122. The smallest absolute Gasteiger partial charge is 0.337 e. The van der Waals surface area contributed by atoms with Crippen LogP contribution < -0.4 is 10.1 Å². The maximum Gasteiger partial charge on any atom is 0.337 e. The summed E-state index contributed by atoms with van der Waals surface area (Å²) in [6.07, 6.45) is -0.242. The van der Waals surface area contributed by atoms with Crippen molar-refractivity contribution in [3.8, 4) is 5.75 Å². The van der Waals surface area contributed by atoms with Crippen LogP contribution in [-0.4, -0.2) is 25.1 Å². The second kappa shape index (κ2) is 8.53. The summed E-state index contributed by atoms with van der Waals surface area (Å²) < 4.78 is 10.4. The summed E-state index contributed by atoms with van der Waals surface area (Å²) >= 11 is 6.08. The van der Waals surface area contributed by atoms with Crippen LogP contribution in [0.4, 0.5) is 5.69 Å². The lowest BCUT2D eigenvalue weighted by Crippen LogP contribution is -2.32. The van der Waals surface area contributed by atoms with Gasteiger partial charge < -0.3 is 14.8 Å². The van der Waals surface area contributed by atoms with E-state index in [1.165, 1.54) is 7.11 Å². The fraction of sp³-hybridized carbons (Fsp3) is 0.263. The molecule has 0 saturated carbocycles. The Morgan fingerprint density at radius 3 is 2.56 bits per heavy atom. The van der Waals surface area contributed by atoms with Crippen molar-refractivity contribution in [1.82, 2.24) is 0 Å². The third-order valence-corrected chi connectivity index (χ3v) is 4.00. The van der Waals surface area contributed by atoms with Crippen molar-refractivity contribution < 1.29 is 19.1 Å². The molecule has 0 fully saturated rings. The highest BCUT2D eigenvalue weighted by molar-refractivity contribution is 6.32. The number of nitrogens with one attached hydrogen (secondary N) is 1. The van der Waals surface area contributed by atoms with E-state index in [9.17, 15) is 9.59 Å². The van der Waals surface area contributed by atoms with Crippen molar-refractivity contribution in [3.05, 3.63) is 58.6 Å². The summed E-state index contributed by atoms with van der Waals surface area (Å²) in [5.41, 5.74) is 1.73. The molecule has 25 heavy (non-hydrogen) atoms. The van der Waals surface area contributed by atoms with E-state index in [1.54, 1.807) is 42.5 Å².